The Morgan fingerprint density at radius 3 is 2.29 bits per heavy atom. The molecule has 4 heteroatoms. The molecule has 0 atom stereocenters. The zero-order valence-electron chi connectivity index (χ0n) is 10.3. The lowest BCUT2D eigenvalue weighted by molar-refractivity contribution is 1.00. The fourth-order valence-corrected chi connectivity index (χ4v) is 2.63. The summed E-state index contributed by atoms with van der Waals surface area (Å²) < 4.78 is 0.800. The van der Waals surface area contributed by atoms with Gasteiger partial charge < -0.3 is 10.7 Å². The number of aromatic amines is 1. The molecule has 0 aliphatic rings. The molecule has 0 aliphatic heterocycles. The van der Waals surface area contributed by atoms with Gasteiger partial charge in [0.15, 0.2) is 0 Å². The molecule has 0 unspecified atom stereocenters. The van der Waals surface area contributed by atoms with Crippen molar-refractivity contribution in [3.05, 3.63) is 39.1 Å². The average molecular weight is 294 g/mol. The topological polar surface area (TPSA) is 54.7 Å². The number of rotatable bonds is 2. The van der Waals surface area contributed by atoms with Crippen molar-refractivity contribution in [1.82, 2.24) is 9.97 Å². The first kappa shape index (κ1) is 12.3. The van der Waals surface area contributed by atoms with Gasteiger partial charge in [-0.15, -0.1) is 0 Å². The summed E-state index contributed by atoms with van der Waals surface area (Å²) in [4.78, 5) is 7.75. The van der Waals surface area contributed by atoms with Crippen molar-refractivity contribution in [2.24, 2.45) is 5.73 Å². The van der Waals surface area contributed by atoms with Gasteiger partial charge in [-0.2, -0.15) is 0 Å². The number of halogens is 1. The summed E-state index contributed by atoms with van der Waals surface area (Å²) in [5.74, 6) is 0.882. The van der Waals surface area contributed by atoms with E-state index in [0.717, 1.165) is 21.7 Å². The Kier molecular flexibility index (Phi) is 3.35. The normalized spacial score (nSPS) is 10.9. The maximum Gasteiger partial charge on any atom is 0.139 e. The molecule has 1 heterocycles. The van der Waals surface area contributed by atoms with Gasteiger partial charge in [-0.3, -0.25) is 0 Å². The van der Waals surface area contributed by atoms with Crippen LogP contribution < -0.4 is 5.73 Å². The summed E-state index contributed by atoms with van der Waals surface area (Å²) in [7, 11) is 0. The van der Waals surface area contributed by atoms with Gasteiger partial charge in [0.25, 0.3) is 0 Å². The quantitative estimate of drug-likeness (QED) is 0.893. The van der Waals surface area contributed by atoms with E-state index in [0.29, 0.717) is 6.54 Å². The molecule has 90 valence electrons. The fraction of sp³-hybridized carbons (Fsp3) is 0.308. The lowest BCUT2D eigenvalue weighted by atomic mass is 9.99. The van der Waals surface area contributed by atoms with E-state index in [1.54, 1.807) is 0 Å². The number of imidazole rings is 1. The van der Waals surface area contributed by atoms with E-state index in [1.807, 2.05) is 0 Å². The minimum atomic E-state index is 0.456. The standard InChI is InChI=1S/C13H16BrN3/c1-7-4-8(2)11(9(3)5-7)13-16-10(6-15)12(14)17-13/h4-5H,6,15H2,1-3H3,(H,16,17). The van der Waals surface area contributed by atoms with Gasteiger partial charge in [-0.05, 0) is 47.8 Å². The lowest BCUT2D eigenvalue weighted by Crippen LogP contribution is -1.97. The van der Waals surface area contributed by atoms with Crippen LogP contribution in [0.1, 0.15) is 22.4 Å². The van der Waals surface area contributed by atoms with Crippen molar-refractivity contribution in [2.75, 3.05) is 0 Å². The largest absolute Gasteiger partial charge is 0.340 e. The first-order chi connectivity index (χ1) is 8.02. The number of nitrogens with two attached hydrogens (primary N) is 1. The maximum absolute atomic E-state index is 5.64. The van der Waals surface area contributed by atoms with E-state index in [2.05, 4.69) is 58.8 Å². The summed E-state index contributed by atoms with van der Waals surface area (Å²) in [5, 5.41) is 0. The smallest absolute Gasteiger partial charge is 0.139 e. The number of hydrogen-bond donors (Lipinski definition) is 2. The van der Waals surface area contributed by atoms with Gasteiger partial charge >= 0.3 is 0 Å². The van der Waals surface area contributed by atoms with Crippen LogP contribution in [0.4, 0.5) is 0 Å². The number of nitrogens with zero attached hydrogens (tertiary/aromatic N) is 1. The van der Waals surface area contributed by atoms with Crippen molar-refractivity contribution >= 4 is 15.9 Å². The third kappa shape index (κ3) is 2.28. The molecule has 0 saturated heterocycles. The van der Waals surface area contributed by atoms with Gasteiger partial charge in [-0.25, -0.2) is 4.98 Å². The SMILES string of the molecule is Cc1cc(C)c(-c2nc(Br)c(CN)[nH]2)c(C)c1. The summed E-state index contributed by atoms with van der Waals surface area (Å²) in [5.41, 5.74) is 11.5. The van der Waals surface area contributed by atoms with E-state index in [9.17, 15) is 0 Å². The van der Waals surface area contributed by atoms with Crippen molar-refractivity contribution in [3.8, 4) is 11.4 Å². The van der Waals surface area contributed by atoms with Crippen molar-refractivity contribution in [3.63, 3.8) is 0 Å². The van der Waals surface area contributed by atoms with E-state index in [1.165, 1.54) is 16.7 Å². The molecule has 1 aromatic carbocycles. The number of hydrogen-bond acceptors (Lipinski definition) is 2. The van der Waals surface area contributed by atoms with E-state index < -0.39 is 0 Å². The Morgan fingerprint density at radius 2 is 1.82 bits per heavy atom. The van der Waals surface area contributed by atoms with Gasteiger partial charge in [-0.1, -0.05) is 17.7 Å². The molecule has 0 radical (unpaired) electrons. The van der Waals surface area contributed by atoms with Crippen LogP contribution >= 0.6 is 15.9 Å². The molecule has 0 saturated carbocycles. The van der Waals surface area contributed by atoms with Crippen LogP contribution in [-0.2, 0) is 6.54 Å². The van der Waals surface area contributed by atoms with Gasteiger partial charge in [0, 0.05) is 12.1 Å². The highest BCUT2D eigenvalue weighted by Gasteiger charge is 2.12. The molecular formula is C13H16BrN3. The van der Waals surface area contributed by atoms with Crippen molar-refractivity contribution in [1.29, 1.82) is 0 Å². The Bertz CT molecular complexity index is 535. The molecule has 3 nitrogen and oxygen atoms in total. The van der Waals surface area contributed by atoms with Gasteiger partial charge in [0.05, 0.1) is 5.69 Å². The van der Waals surface area contributed by atoms with Crippen LogP contribution in [0.3, 0.4) is 0 Å². The zero-order valence-corrected chi connectivity index (χ0v) is 11.9. The van der Waals surface area contributed by atoms with Crippen LogP contribution in [0.5, 0.6) is 0 Å². The Balaban J connectivity index is 2.60. The van der Waals surface area contributed by atoms with Crippen molar-refractivity contribution < 1.29 is 0 Å². The Hall–Kier alpha value is -1.13. The number of aryl methyl sites for hydroxylation is 3. The molecule has 3 N–H and O–H groups in total. The molecule has 2 aromatic rings. The highest BCUT2D eigenvalue weighted by atomic mass is 79.9. The molecular weight excluding hydrogens is 278 g/mol. The van der Waals surface area contributed by atoms with Gasteiger partial charge in [0.1, 0.15) is 10.4 Å². The highest BCUT2D eigenvalue weighted by molar-refractivity contribution is 9.10. The second kappa shape index (κ2) is 4.63. The van der Waals surface area contributed by atoms with E-state index >= 15 is 0 Å². The third-order valence-corrected chi connectivity index (χ3v) is 3.50. The third-order valence-electron chi connectivity index (χ3n) is 2.85. The number of H-pyrrole nitrogens is 1. The number of benzene rings is 1. The summed E-state index contributed by atoms with van der Waals surface area (Å²) in [6, 6.07) is 4.34. The Labute approximate surface area is 110 Å². The molecule has 0 fully saturated rings. The van der Waals surface area contributed by atoms with Crippen LogP contribution in [0.15, 0.2) is 16.7 Å². The van der Waals surface area contributed by atoms with E-state index in [4.69, 9.17) is 5.73 Å². The predicted molar refractivity (Wildman–Crippen MR) is 73.8 cm³/mol. The first-order valence-electron chi connectivity index (χ1n) is 5.55. The van der Waals surface area contributed by atoms with Crippen LogP contribution in [0, 0.1) is 20.8 Å². The van der Waals surface area contributed by atoms with Gasteiger partial charge in [0.2, 0.25) is 0 Å². The molecule has 0 spiro atoms. The number of aromatic nitrogens is 2. The second-order valence-electron chi connectivity index (χ2n) is 4.33. The van der Waals surface area contributed by atoms with Crippen LogP contribution in [-0.4, -0.2) is 9.97 Å². The minimum Gasteiger partial charge on any atom is -0.340 e. The van der Waals surface area contributed by atoms with Crippen LogP contribution in [0.25, 0.3) is 11.4 Å². The molecule has 2 rings (SSSR count). The lowest BCUT2D eigenvalue weighted by Gasteiger charge is -2.08. The van der Waals surface area contributed by atoms with E-state index in [-0.39, 0.29) is 0 Å². The number of nitrogens with one attached hydrogen (secondary N) is 1. The highest BCUT2D eigenvalue weighted by Crippen LogP contribution is 2.28. The summed E-state index contributed by atoms with van der Waals surface area (Å²) in [6.07, 6.45) is 0. The van der Waals surface area contributed by atoms with Crippen LogP contribution in [0.2, 0.25) is 0 Å². The summed E-state index contributed by atoms with van der Waals surface area (Å²) in [6.45, 7) is 6.77. The molecule has 0 bridgehead atoms. The monoisotopic (exact) mass is 293 g/mol. The van der Waals surface area contributed by atoms with Crippen molar-refractivity contribution in [2.45, 2.75) is 27.3 Å². The predicted octanol–water partition coefficient (Wildman–Crippen LogP) is 3.22. The fourth-order valence-electron chi connectivity index (χ4n) is 2.20. The maximum atomic E-state index is 5.64. The molecule has 0 aliphatic carbocycles. The summed E-state index contributed by atoms with van der Waals surface area (Å²) >= 11 is 3.42. The minimum absolute atomic E-state index is 0.456. The molecule has 17 heavy (non-hydrogen) atoms. The Morgan fingerprint density at radius 1 is 1.24 bits per heavy atom. The molecule has 1 aromatic heterocycles. The second-order valence-corrected chi connectivity index (χ2v) is 5.08. The average Bonchev–Trinajstić information content (AvgIpc) is 2.57. The first-order valence-corrected chi connectivity index (χ1v) is 6.35. The zero-order chi connectivity index (χ0) is 12.6. The molecule has 0 amide bonds.